The molecule has 3 nitrogen and oxygen atoms in total. The molecule has 1 atom stereocenters. The summed E-state index contributed by atoms with van der Waals surface area (Å²) in [7, 11) is 0. The van der Waals surface area contributed by atoms with Crippen molar-refractivity contribution in [3.8, 4) is 0 Å². The van der Waals surface area contributed by atoms with Gasteiger partial charge in [-0.1, -0.05) is 36.9 Å². The van der Waals surface area contributed by atoms with Crippen molar-refractivity contribution >= 4 is 28.5 Å². The zero-order chi connectivity index (χ0) is 11.5. The molecule has 1 unspecified atom stereocenters. The number of aryl methyl sites for hydroxylation is 1. The molecular weight excluding hydrogens is 220 g/mol. The van der Waals surface area contributed by atoms with Crippen molar-refractivity contribution in [2.75, 3.05) is 5.32 Å². The van der Waals surface area contributed by atoms with Crippen LogP contribution >= 0.6 is 11.8 Å². The van der Waals surface area contributed by atoms with Crippen molar-refractivity contribution < 1.29 is 4.79 Å². The zero-order valence-corrected chi connectivity index (χ0v) is 10.2. The molecule has 0 fully saturated rings. The van der Waals surface area contributed by atoms with E-state index in [-0.39, 0.29) is 11.2 Å². The number of amides is 1. The van der Waals surface area contributed by atoms with Crippen molar-refractivity contribution in [3.63, 3.8) is 0 Å². The second-order valence-corrected chi connectivity index (χ2v) is 4.90. The number of benzene rings is 1. The quantitative estimate of drug-likeness (QED) is 0.855. The fraction of sp³-hybridized carbons (Fsp3) is 0.333. The number of para-hydroxylation sites is 1. The first kappa shape index (κ1) is 11.2. The molecule has 0 saturated heterocycles. The molecular formula is C12H14N2OS. The monoisotopic (exact) mass is 234 g/mol. The Hall–Kier alpha value is -1.29. The van der Waals surface area contributed by atoms with E-state index in [1.54, 1.807) is 0 Å². The predicted molar refractivity (Wildman–Crippen MR) is 68.9 cm³/mol. The average molecular weight is 234 g/mol. The van der Waals surface area contributed by atoms with Crippen LogP contribution < -0.4 is 5.32 Å². The molecule has 1 amide bonds. The van der Waals surface area contributed by atoms with E-state index in [1.165, 1.54) is 11.8 Å². The van der Waals surface area contributed by atoms with Crippen LogP contribution in [0.3, 0.4) is 0 Å². The van der Waals surface area contributed by atoms with Crippen LogP contribution in [0.2, 0.25) is 0 Å². The van der Waals surface area contributed by atoms with Crippen LogP contribution in [0.15, 0.2) is 29.3 Å². The molecule has 0 aliphatic carbocycles. The lowest BCUT2D eigenvalue weighted by atomic mass is 10.2. The Bertz CT molecular complexity index is 442. The molecule has 1 N–H and O–H groups in total. The molecule has 1 aromatic rings. The lowest BCUT2D eigenvalue weighted by molar-refractivity contribution is -0.117. The van der Waals surface area contributed by atoms with Gasteiger partial charge in [0.1, 0.15) is 0 Å². The van der Waals surface area contributed by atoms with E-state index in [0.29, 0.717) is 5.17 Å². The fourth-order valence-corrected chi connectivity index (χ4v) is 2.43. The Labute approximate surface area is 99.3 Å². The first-order valence-electron chi connectivity index (χ1n) is 5.32. The number of rotatable bonds is 2. The number of amidine groups is 1. The zero-order valence-electron chi connectivity index (χ0n) is 9.36. The van der Waals surface area contributed by atoms with Gasteiger partial charge in [0.25, 0.3) is 5.91 Å². The summed E-state index contributed by atoms with van der Waals surface area (Å²) in [5.74, 6) is -0.0245. The van der Waals surface area contributed by atoms with E-state index in [4.69, 9.17) is 0 Å². The van der Waals surface area contributed by atoms with Gasteiger partial charge < -0.3 is 5.32 Å². The van der Waals surface area contributed by atoms with E-state index >= 15 is 0 Å². The fourth-order valence-electron chi connectivity index (χ4n) is 1.53. The lowest BCUT2D eigenvalue weighted by Crippen LogP contribution is -2.09. The summed E-state index contributed by atoms with van der Waals surface area (Å²) in [6, 6.07) is 7.97. The maximum absolute atomic E-state index is 11.4. The van der Waals surface area contributed by atoms with Crippen LogP contribution in [0, 0.1) is 6.92 Å². The van der Waals surface area contributed by atoms with Crippen LogP contribution in [0.4, 0.5) is 5.69 Å². The summed E-state index contributed by atoms with van der Waals surface area (Å²) in [6.07, 6.45) is 0.825. The van der Waals surface area contributed by atoms with Crippen molar-refractivity contribution in [3.05, 3.63) is 29.8 Å². The van der Waals surface area contributed by atoms with Gasteiger partial charge in [0.2, 0.25) is 0 Å². The number of aliphatic imine (C=N–C) groups is 1. The molecule has 0 radical (unpaired) electrons. The molecule has 4 heteroatoms. The molecule has 1 aromatic carbocycles. The molecule has 1 aliphatic heterocycles. The molecule has 0 bridgehead atoms. The van der Waals surface area contributed by atoms with Gasteiger partial charge in [0, 0.05) is 5.69 Å². The smallest absolute Gasteiger partial charge is 0.261 e. The molecule has 0 spiro atoms. The Balaban J connectivity index is 2.10. The molecule has 2 rings (SSSR count). The van der Waals surface area contributed by atoms with E-state index in [1.807, 2.05) is 38.1 Å². The third-order valence-corrected chi connectivity index (χ3v) is 3.73. The van der Waals surface area contributed by atoms with Gasteiger partial charge in [-0.3, -0.25) is 4.79 Å². The minimum absolute atomic E-state index is 0.00785. The van der Waals surface area contributed by atoms with Crippen LogP contribution in [0.25, 0.3) is 0 Å². The Morgan fingerprint density at radius 2 is 2.19 bits per heavy atom. The predicted octanol–water partition coefficient (Wildman–Crippen LogP) is 2.81. The van der Waals surface area contributed by atoms with Gasteiger partial charge in [-0.15, -0.1) is 0 Å². The summed E-state index contributed by atoms with van der Waals surface area (Å²) in [5.41, 5.74) is 2.16. The van der Waals surface area contributed by atoms with Gasteiger partial charge in [-0.2, -0.15) is 4.99 Å². The van der Waals surface area contributed by atoms with Crippen molar-refractivity contribution in [1.82, 2.24) is 0 Å². The molecule has 0 saturated carbocycles. The molecule has 0 aromatic heterocycles. The average Bonchev–Trinajstić information content (AvgIpc) is 2.62. The SMILES string of the molecule is CCC1SC(Nc2ccccc2C)=NC1=O. The number of hydrogen-bond acceptors (Lipinski definition) is 3. The number of carbonyl (C=O) groups is 1. The number of anilines is 1. The van der Waals surface area contributed by atoms with Gasteiger partial charge in [0.05, 0.1) is 5.25 Å². The lowest BCUT2D eigenvalue weighted by Gasteiger charge is -2.08. The maximum atomic E-state index is 11.4. The summed E-state index contributed by atoms with van der Waals surface area (Å²) in [5, 5.41) is 3.90. The van der Waals surface area contributed by atoms with Gasteiger partial charge in [-0.25, -0.2) is 0 Å². The highest BCUT2D eigenvalue weighted by Gasteiger charge is 2.26. The normalized spacial score (nSPS) is 19.8. The Kier molecular flexibility index (Phi) is 3.29. The van der Waals surface area contributed by atoms with Gasteiger partial charge in [-0.05, 0) is 25.0 Å². The maximum Gasteiger partial charge on any atom is 0.261 e. The number of thioether (sulfide) groups is 1. The van der Waals surface area contributed by atoms with Crippen molar-refractivity contribution in [2.45, 2.75) is 25.5 Å². The van der Waals surface area contributed by atoms with E-state index in [2.05, 4.69) is 10.3 Å². The minimum atomic E-state index is -0.0245. The largest absolute Gasteiger partial charge is 0.334 e. The highest BCUT2D eigenvalue weighted by atomic mass is 32.2. The summed E-state index contributed by atoms with van der Waals surface area (Å²) in [4.78, 5) is 15.4. The first-order valence-corrected chi connectivity index (χ1v) is 6.20. The second-order valence-electron chi connectivity index (χ2n) is 3.71. The van der Waals surface area contributed by atoms with Crippen LogP contribution in [-0.4, -0.2) is 16.3 Å². The Morgan fingerprint density at radius 1 is 1.44 bits per heavy atom. The highest BCUT2D eigenvalue weighted by Crippen LogP contribution is 2.26. The van der Waals surface area contributed by atoms with Crippen LogP contribution in [0.5, 0.6) is 0 Å². The van der Waals surface area contributed by atoms with Crippen LogP contribution in [-0.2, 0) is 4.79 Å². The standard InChI is InChI=1S/C12H14N2OS/c1-3-10-11(15)14-12(16-10)13-9-7-5-4-6-8(9)2/h4-7,10H,3H2,1-2H3,(H,13,14,15). The summed E-state index contributed by atoms with van der Waals surface area (Å²) < 4.78 is 0. The van der Waals surface area contributed by atoms with Crippen molar-refractivity contribution in [1.29, 1.82) is 0 Å². The number of hydrogen-bond donors (Lipinski definition) is 1. The molecule has 84 valence electrons. The molecule has 1 heterocycles. The third kappa shape index (κ3) is 2.27. The summed E-state index contributed by atoms with van der Waals surface area (Å²) in [6.45, 7) is 4.03. The minimum Gasteiger partial charge on any atom is -0.334 e. The number of carbonyl (C=O) groups excluding carboxylic acids is 1. The van der Waals surface area contributed by atoms with Gasteiger partial charge in [0.15, 0.2) is 5.17 Å². The summed E-state index contributed by atoms with van der Waals surface area (Å²) >= 11 is 1.51. The molecule has 16 heavy (non-hydrogen) atoms. The second kappa shape index (κ2) is 4.70. The van der Waals surface area contributed by atoms with Crippen molar-refractivity contribution in [2.24, 2.45) is 4.99 Å². The van der Waals surface area contributed by atoms with E-state index in [0.717, 1.165) is 17.7 Å². The highest BCUT2D eigenvalue weighted by molar-refractivity contribution is 8.15. The van der Waals surface area contributed by atoms with Crippen LogP contribution in [0.1, 0.15) is 18.9 Å². The number of nitrogens with zero attached hydrogens (tertiary/aromatic N) is 1. The first-order chi connectivity index (χ1) is 7.70. The third-order valence-electron chi connectivity index (χ3n) is 2.50. The Morgan fingerprint density at radius 3 is 2.81 bits per heavy atom. The van der Waals surface area contributed by atoms with E-state index in [9.17, 15) is 4.79 Å². The van der Waals surface area contributed by atoms with E-state index < -0.39 is 0 Å². The number of nitrogens with one attached hydrogen (secondary N) is 1. The molecule has 1 aliphatic rings. The van der Waals surface area contributed by atoms with Gasteiger partial charge >= 0.3 is 0 Å². The topological polar surface area (TPSA) is 41.5 Å².